The monoisotopic (exact) mass is 203 g/mol. The Morgan fingerprint density at radius 3 is 2.47 bits per heavy atom. The molecule has 0 aromatic heterocycles. The molecule has 0 aliphatic carbocycles. The lowest BCUT2D eigenvalue weighted by Gasteiger charge is -2.43. The van der Waals surface area contributed by atoms with Gasteiger partial charge in [0.05, 0.1) is 0 Å². The van der Waals surface area contributed by atoms with Crippen molar-refractivity contribution >= 4 is 5.69 Å². The van der Waals surface area contributed by atoms with Crippen molar-refractivity contribution in [1.29, 1.82) is 0 Å². The summed E-state index contributed by atoms with van der Waals surface area (Å²) in [6, 6.07) is 6.72. The summed E-state index contributed by atoms with van der Waals surface area (Å²) in [5, 5.41) is 3.62. The van der Waals surface area contributed by atoms with E-state index in [2.05, 4.69) is 58.1 Å². The van der Waals surface area contributed by atoms with Gasteiger partial charge in [-0.25, -0.2) is 0 Å². The number of anilines is 1. The molecule has 0 saturated heterocycles. The molecule has 0 amide bonds. The molecule has 0 fully saturated rings. The van der Waals surface area contributed by atoms with E-state index in [-0.39, 0.29) is 11.0 Å². The lowest BCUT2D eigenvalue weighted by molar-refractivity contribution is 0.355. The molecule has 0 saturated carbocycles. The molecule has 1 aliphatic rings. The average Bonchev–Trinajstić information content (AvgIpc) is 2.03. The number of aryl methyl sites for hydroxylation is 1. The van der Waals surface area contributed by atoms with Crippen LogP contribution in [-0.2, 0) is 5.41 Å². The Kier molecular flexibility index (Phi) is 2.11. The van der Waals surface area contributed by atoms with Crippen molar-refractivity contribution in [1.82, 2.24) is 0 Å². The molecule has 0 spiro atoms. The molecular formula is C14H21N. The highest BCUT2D eigenvalue weighted by Gasteiger charge is 2.36. The van der Waals surface area contributed by atoms with Gasteiger partial charge in [0.15, 0.2) is 0 Å². The predicted molar refractivity (Wildman–Crippen MR) is 66.5 cm³/mol. The Bertz CT molecular complexity index is 388. The molecule has 0 unspecified atom stereocenters. The second-order valence-electron chi connectivity index (χ2n) is 6.12. The minimum absolute atomic E-state index is 0.200. The summed E-state index contributed by atoms with van der Waals surface area (Å²) in [6.45, 7) is 11.4. The summed E-state index contributed by atoms with van der Waals surface area (Å²) in [5.74, 6) is 0. The van der Waals surface area contributed by atoms with Crippen LogP contribution in [-0.4, -0.2) is 5.54 Å². The Hall–Kier alpha value is -0.980. The molecule has 0 atom stereocenters. The minimum atomic E-state index is 0.200. The highest BCUT2D eigenvalue weighted by atomic mass is 15.0. The SMILES string of the molecule is Cc1ccc2c(c1)C(C)(C)CC(C)(C)N2. The van der Waals surface area contributed by atoms with Gasteiger partial charge in [-0.3, -0.25) is 0 Å². The van der Waals surface area contributed by atoms with Gasteiger partial charge >= 0.3 is 0 Å². The largest absolute Gasteiger partial charge is 0.380 e. The first kappa shape index (κ1) is 10.5. The minimum Gasteiger partial charge on any atom is -0.380 e. The number of fused-ring (bicyclic) bond motifs is 1. The van der Waals surface area contributed by atoms with Crippen molar-refractivity contribution in [2.45, 2.75) is 52.0 Å². The van der Waals surface area contributed by atoms with Gasteiger partial charge in [-0.15, -0.1) is 0 Å². The van der Waals surface area contributed by atoms with Crippen molar-refractivity contribution in [2.75, 3.05) is 5.32 Å². The van der Waals surface area contributed by atoms with Gasteiger partial charge < -0.3 is 5.32 Å². The number of rotatable bonds is 0. The lowest BCUT2D eigenvalue weighted by Crippen LogP contribution is -2.43. The summed E-state index contributed by atoms with van der Waals surface area (Å²) < 4.78 is 0. The lowest BCUT2D eigenvalue weighted by atomic mass is 9.71. The Morgan fingerprint density at radius 1 is 1.13 bits per heavy atom. The average molecular weight is 203 g/mol. The van der Waals surface area contributed by atoms with Crippen molar-refractivity contribution in [2.24, 2.45) is 0 Å². The van der Waals surface area contributed by atoms with E-state index >= 15 is 0 Å². The van der Waals surface area contributed by atoms with E-state index in [1.165, 1.54) is 23.2 Å². The normalized spacial score (nSPS) is 21.7. The van der Waals surface area contributed by atoms with E-state index in [1.807, 2.05) is 0 Å². The van der Waals surface area contributed by atoms with Crippen LogP contribution >= 0.6 is 0 Å². The first-order chi connectivity index (χ1) is 6.80. The molecule has 1 N–H and O–H groups in total. The topological polar surface area (TPSA) is 12.0 Å². The summed E-state index contributed by atoms with van der Waals surface area (Å²) in [4.78, 5) is 0. The van der Waals surface area contributed by atoms with Crippen LogP contribution in [0.1, 0.15) is 45.2 Å². The van der Waals surface area contributed by atoms with E-state index in [0.717, 1.165) is 0 Å². The molecule has 1 aliphatic heterocycles. The Labute approximate surface area is 92.9 Å². The van der Waals surface area contributed by atoms with E-state index in [0.29, 0.717) is 0 Å². The van der Waals surface area contributed by atoms with Crippen LogP contribution in [0.5, 0.6) is 0 Å². The zero-order chi connectivity index (χ0) is 11.3. The highest BCUT2D eigenvalue weighted by Crippen LogP contribution is 2.42. The first-order valence-corrected chi connectivity index (χ1v) is 5.70. The van der Waals surface area contributed by atoms with Crippen LogP contribution in [0.3, 0.4) is 0 Å². The third-order valence-corrected chi connectivity index (χ3v) is 3.26. The third kappa shape index (κ3) is 1.88. The number of nitrogens with one attached hydrogen (secondary N) is 1. The maximum Gasteiger partial charge on any atom is 0.0382 e. The fraction of sp³-hybridized carbons (Fsp3) is 0.571. The zero-order valence-corrected chi connectivity index (χ0v) is 10.4. The molecular weight excluding hydrogens is 182 g/mol. The fourth-order valence-electron chi connectivity index (χ4n) is 2.94. The maximum absolute atomic E-state index is 3.62. The van der Waals surface area contributed by atoms with Gasteiger partial charge in [0, 0.05) is 11.2 Å². The molecule has 1 heteroatoms. The standard InChI is InChI=1S/C14H21N/c1-10-6-7-12-11(8-10)13(2,3)9-14(4,5)15-12/h6-8,15H,9H2,1-5H3. The van der Waals surface area contributed by atoms with Gasteiger partial charge in [-0.05, 0) is 44.2 Å². The summed E-state index contributed by atoms with van der Waals surface area (Å²) in [7, 11) is 0. The summed E-state index contributed by atoms with van der Waals surface area (Å²) in [5.41, 5.74) is 4.59. The molecule has 0 radical (unpaired) electrons. The molecule has 15 heavy (non-hydrogen) atoms. The van der Waals surface area contributed by atoms with Crippen molar-refractivity contribution in [3.63, 3.8) is 0 Å². The van der Waals surface area contributed by atoms with E-state index in [9.17, 15) is 0 Å². The zero-order valence-electron chi connectivity index (χ0n) is 10.4. The highest BCUT2D eigenvalue weighted by molar-refractivity contribution is 5.59. The van der Waals surface area contributed by atoms with E-state index in [4.69, 9.17) is 0 Å². The summed E-state index contributed by atoms with van der Waals surface area (Å²) >= 11 is 0. The number of benzene rings is 1. The van der Waals surface area contributed by atoms with Gasteiger partial charge in [0.25, 0.3) is 0 Å². The van der Waals surface area contributed by atoms with Crippen LogP contribution in [0.2, 0.25) is 0 Å². The van der Waals surface area contributed by atoms with Crippen LogP contribution < -0.4 is 5.32 Å². The molecule has 1 aromatic rings. The molecule has 0 bridgehead atoms. The predicted octanol–water partition coefficient (Wildman–Crippen LogP) is 3.87. The maximum atomic E-state index is 3.62. The van der Waals surface area contributed by atoms with Gasteiger partial charge in [0.2, 0.25) is 0 Å². The van der Waals surface area contributed by atoms with Gasteiger partial charge in [0.1, 0.15) is 0 Å². The molecule has 1 aromatic carbocycles. The number of hydrogen-bond donors (Lipinski definition) is 1. The van der Waals surface area contributed by atoms with Crippen LogP contribution in [0.15, 0.2) is 18.2 Å². The van der Waals surface area contributed by atoms with Crippen LogP contribution in [0, 0.1) is 6.92 Å². The molecule has 2 rings (SSSR count). The quantitative estimate of drug-likeness (QED) is 0.675. The van der Waals surface area contributed by atoms with Crippen molar-refractivity contribution in [3.8, 4) is 0 Å². The van der Waals surface area contributed by atoms with Crippen molar-refractivity contribution < 1.29 is 0 Å². The Balaban J connectivity index is 2.55. The third-order valence-electron chi connectivity index (χ3n) is 3.26. The van der Waals surface area contributed by atoms with Crippen LogP contribution in [0.4, 0.5) is 5.69 Å². The Morgan fingerprint density at radius 2 is 1.80 bits per heavy atom. The van der Waals surface area contributed by atoms with E-state index < -0.39 is 0 Å². The molecule has 1 nitrogen and oxygen atoms in total. The fourth-order valence-corrected chi connectivity index (χ4v) is 2.94. The molecule has 1 heterocycles. The summed E-state index contributed by atoms with van der Waals surface area (Å²) in [6.07, 6.45) is 1.18. The second kappa shape index (κ2) is 3.01. The van der Waals surface area contributed by atoms with E-state index in [1.54, 1.807) is 0 Å². The van der Waals surface area contributed by atoms with Gasteiger partial charge in [-0.2, -0.15) is 0 Å². The van der Waals surface area contributed by atoms with Crippen LogP contribution in [0.25, 0.3) is 0 Å². The first-order valence-electron chi connectivity index (χ1n) is 5.70. The van der Waals surface area contributed by atoms with Crippen molar-refractivity contribution in [3.05, 3.63) is 29.3 Å². The smallest absolute Gasteiger partial charge is 0.0382 e. The second-order valence-corrected chi connectivity index (χ2v) is 6.12. The number of hydrogen-bond acceptors (Lipinski definition) is 1. The van der Waals surface area contributed by atoms with Gasteiger partial charge in [-0.1, -0.05) is 31.5 Å². The molecule has 82 valence electrons.